The van der Waals surface area contributed by atoms with Crippen molar-refractivity contribution in [2.24, 2.45) is 0 Å². The molecule has 2 atom stereocenters. The molecule has 0 unspecified atom stereocenters. The van der Waals surface area contributed by atoms with Gasteiger partial charge in [0.15, 0.2) is 10.6 Å². The first kappa shape index (κ1) is 32.0. The van der Waals surface area contributed by atoms with E-state index in [0.29, 0.717) is 47.1 Å². The van der Waals surface area contributed by atoms with Crippen molar-refractivity contribution >= 4 is 55.9 Å². The van der Waals surface area contributed by atoms with Crippen LogP contribution in [0.5, 0.6) is 0 Å². The molecule has 0 fully saturated rings. The van der Waals surface area contributed by atoms with Crippen LogP contribution in [0.3, 0.4) is 0 Å². The van der Waals surface area contributed by atoms with Gasteiger partial charge in [-0.25, -0.2) is 23.9 Å². The van der Waals surface area contributed by atoms with E-state index in [1.165, 1.54) is 39.8 Å². The van der Waals surface area contributed by atoms with E-state index in [1.807, 2.05) is 0 Å². The van der Waals surface area contributed by atoms with E-state index in [9.17, 15) is 34.7 Å². The highest BCUT2D eigenvalue weighted by Crippen LogP contribution is 2.45. The number of amides is 1. The van der Waals surface area contributed by atoms with Gasteiger partial charge in [0.25, 0.3) is 5.56 Å². The van der Waals surface area contributed by atoms with Crippen LogP contribution in [0.2, 0.25) is 0 Å². The van der Waals surface area contributed by atoms with E-state index in [1.54, 1.807) is 19.9 Å². The normalized spacial score (nSPS) is 18.1. The van der Waals surface area contributed by atoms with Crippen LogP contribution in [-0.4, -0.2) is 53.5 Å². The van der Waals surface area contributed by atoms with Crippen molar-refractivity contribution in [3.8, 4) is 11.4 Å². The van der Waals surface area contributed by atoms with Crippen molar-refractivity contribution in [2.45, 2.75) is 68.6 Å². The molecule has 1 aliphatic carbocycles. The van der Waals surface area contributed by atoms with Crippen LogP contribution in [0.1, 0.15) is 54.5 Å². The van der Waals surface area contributed by atoms with Crippen molar-refractivity contribution in [3.63, 3.8) is 0 Å². The summed E-state index contributed by atoms with van der Waals surface area (Å²) in [5.74, 6) is -1.59. The first-order valence-electron chi connectivity index (χ1n) is 15.2. The second-order valence-electron chi connectivity index (χ2n) is 11.9. The number of carbonyl (C=O) groups excluding carboxylic acids is 1. The maximum atomic E-state index is 16.1. The number of cyclic esters (lactones) is 1. The lowest BCUT2D eigenvalue weighted by Gasteiger charge is -2.31. The molecule has 0 saturated heterocycles. The van der Waals surface area contributed by atoms with Gasteiger partial charge in [0.05, 0.1) is 39.6 Å². The standard InChI is InChI=1S/C32H28FN5O8S2/c1-3-32(43)20-10-24-26-18(13-36(24)29(39)19(20)14-46-30(32)40)16-6-4-7-17-25(16)22(35-26)11-21(33)27(17)37(31(41)42)12-15(2)47-48-28-23(38(44)45)8-5-9-34-28/h5,8-11,15,43H,3-4,6-7,12-14H2,1-2H3,(H,41,42)/t15-,32+/m1/s1. The minimum absolute atomic E-state index is 0.00127. The molecule has 0 radical (unpaired) electrons. The smallest absolute Gasteiger partial charge is 0.411 e. The van der Waals surface area contributed by atoms with E-state index < -0.39 is 39.2 Å². The zero-order valence-electron chi connectivity index (χ0n) is 25.7. The molecule has 5 heterocycles. The van der Waals surface area contributed by atoms with Crippen molar-refractivity contribution in [3.05, 3.63) is 84.6 Å². The molecule has 4 aromatic rings. The fourth-order valence-electron chi connectivity index (χ4n) is 6.90. The number of aryl methyl sites for hydroxylation is 2. The monoisotopic (exact) mass is 693 g/mol. The molecule has 3 aliphatic rings. The number of ether oxygens (including phenoxy) is 1. The van der Waals surface area contributed by atoms with Gasteiger partial charge in [0, 0.05) is 46.6 Å². The number of anilines is 1. The number of pyridine rings is 3. The van der Waals surface area contributed by atoms with Crippen LogP contribution in [0, 0.1) is 15.9 Å². The summed E-state index contributed by atoms with van der Waals surface area (Å²) in [5.41, 5.74) is 1.06. The van der Waals surface area contributed by atoms with Gasteiger partial charge >= 0.3 is 17.7 Å². The predicted octanol–water partition coefficient (Wildman–Crippen LogP) is 5.32. The number of fused-ring (bicyclic) bond motifs is 5. The number of halogens is 1. The van der Waals surface area contributed by atoms with Gasteiger partial charge in [-0.3, -0.25) is 19.8 Å². The number of benzene rings is 1. The van der Waals surface area contributed by atoms with Crippen LogP contribution >= 0.6 is 21.6 Å². The molecule has 3 aromatic heterocycles. The molecular formula is C32H28FN5O8S2. The van der Waals surface area contributed by atoms with Crippen molar-refractivity contribution < 1.29 is 33.9 Å². The van der Waals surface area contributed by atoms with E-state index in [-0.39, 0.29) is 53.6 Å². The number of carboxylic acid groups (broad SMARTS) is 1. The number of aliphatic hydroxyl groups is 1. The second-order valence-corrected chi connectivity index (χ2v) is 14.5. The number of aromatic nitrogens is 3. The molecule has 1 amide bonds. The van der Waals surface area contributed by atoms with Gasteiger partial charge in [0.1, 0.15) is 12.4 Å². The molecule has 0 saturated carbocycles. The van der Waals surface area contributed by atoms with E-state index in [4.69, 9.17) is 9.72 Å². The quantitative estimate of drug-likeness (QED) is 0.0926. The maximum absolute atomic E-state index is 16.1. The zero-order chi connectivity index (χ0) is 34.1. The summed E-state index contributed by atoms with van der Waals surface area (Å²) >= 11 is 0. The lowest BCUT2D eigenvalue weighted by atomic mass is 9.85. The summed E-state index contributed by atoms with van der Waals surface area (Å²) in [5, 5.41) is 33.3. The minimum Gasteiger partial charge on any atom is -0.465 e. The summed E-state index contributed by atoms with van der Waals surface area (Å²) in [6, 6.07) is 5.62. The molecule has 16 heteroatoms. The van der Waals surface area contributed by atoms with Crippen LogP contribution < -0.4 is 10.5 Å². The highest BCUT2D eigenvalue weighted by molar-refractivity contribution is 8.77. The highest BCUT2D eigenvalue weighted by atomic mass is 33.1. The largest absolute Gasteiger partial charge is 0.465 e. The average Bonchev–Trinajstić information content (AvgIpc) is 3.44. The van der Waals surface area contributed by atoms with Gasteiger partial charge in [-0.2, -0.15) is 0 Å². The molecule has 48 heavy (non-hydrogen) atoms. The number of nitrogens with zero attached hydrogens (tertiary/aromatic N) is 5. The fourth-order valence-corrected chi connectivity index (χ4v) is 9.03. The first-order chi connectivity index (χ1) is 22.9. The Hall–Kier alpha value is -4.54. The summed E-state index contributed by atoms with van der Waals surface area (Å²) in [7, 11) is 2.25. The maximum Gasteiger partial charge on any atom is 0.411 e. The van der Waals surface area contributed by atoms with Gasteiger partial charge in [-0.15, -0.1) is 0 Å². The van der Waals surface area contributed by atoms with Crippen LogP contribution in [0.25, 0.3) is 22.3 Å². The Kier molecular flexibility index (Phi) is 7.91. The third-order valence-corrected chi connectivity index (χ3v) is 11.9. The van der Waals surface area contributed by atoms with Gasteiger partial charge in [-0.05, 0) is 59.7 Å². The number of nitro groups is 1. The molecule has 0 spiro atoms. The molecule has 2 N–H and O–H groups in total. The SMILES string of the molecule is CC[C@@]1(O)C(=O)OCc2c1cc1n(c2=O)Cc2c-1nc1cc(F)c(N(C[C@@H](C)SSc3ncccc3[N+](=O)[O-])C(=O)O)c3c1c2CCC3. The molecule has 2 aliphatic heterocycles. The Balaban J connectivity index is 1.29. The van der Waals surface area contributed by atoms with Gasteiger partial charge in [-0.1, -0.05) is 24.6 Å². The Morgan fingerprint density at radius 1 is 1.25 bits per heavy atom. The predicted molar refractivity (Wildman–Crippen MR) is 176 cm³/mol. The Bertz CT molecular complexity index is 2140. The molecule has 1 aromatic carbocycles. The summed E-state index contributed by atoms with van der Waals surface area (Å²) < 4.78 is 22.8. The highest BCUT2D eigenvalue weighted by Gasteiger charge is 2.45. The summed E-state index contributed by atoms with van der Waals surface area (Å²) in [6.45, 7) is 3.18. The third kappa shape index (κ3) is 4.92. The number of hydrogen-bond donors (Lipinski definition) is 2. The first-order valence-corrected chi connectivity index (χ1v) is 17.4. The zero-order valence-corrected chi connectivity index (χ0v) is 27.3. The second kappa shape index (κ2) is 11.9. The number of hydrogen-bond acceptors (Lipinski definition) is 11. The number of carbonyl (C=O) groups is 2. The third-order valence-electron chi connectivity index (χ3n) is 9.15. The lowest BCUT2D eigenvalue weighted by molar-refractivity contribution is -0.388. The molecule has 13 nitrogen and oxygen atoms in total. The van der Waals surface area contributed by atoms with Gasteiger partial charge < -0.3 is 19.5 Å². The molecule has 7 rings (SSSR count). The number of esters is 1. The Morgan fingerprint density at radius 3 is 2.75 bits per heavy atom. The fraction of sp³-hybridized carbons (Fsp3) is 0.344. The molecular weight excluding hydrogens is 666 g/mol. The van der Waals surface area contributed by atoms with Crippen LogP contribution in [0.4, 0.5) is 20.6 Å². The molecule has 248 valence electrons. The van der Waals surface area contributed by atoms with Crippen molar-refractivity contribution in [2.75, 3.05) is 11.4 Å². The molecule has 0 bridgehead atoms. The topological polar surface area (TPSA) is 178 Å². The van der Waals surface area contributed by atoms with E-state index in [2.05, 4.69) is 4.98 Å². The van der Waals surface area contributed by atoms with Crippen LogP contribution in [0.15, 0.2) is 40.3 Å². The van der Waals surface area contributed by atoms with Crippen molar-refractivity contribution in [1.82, 2.24) is 14.5 Å². The Labute approximate surface area is 279 Å². The number of rotatable bonds is 8. The van der Waals surface area contributed by atoms with Crippen LogP contribution in [-0.2, 0) is 41.1 Å². The summed E-state index contributed by atoms with van der Waals surface area (Å²) in [6.07, 6.45) is 1.69. The van der Waals surface area contributed by atoms with E-state index >= 15 is 4.39 Å². The Morgan fingerprint density at radius 2 is 2.02 bits per heavy atom. The lowest BCUT2D eigenvalue weighted by Crippen LogP contribution is -2.44. The summed E-state index contributed by atoms with van der Waals surface area (Å²) in [4.78, 5) is 59.6. The average molecular weight is 694 g/mol. The van der Waals surface area contributed by atoms with E-state index in [0.717, 1.165) is 26.8 Å². The van der Waals surface area contributed by atoms with Gasteiger partial charge in [0.2, 0.25) is 0 Å². The minimum atomic E-state index is -1.98. The van der Waals surface area contributed by atoms with Crippen molar-refractivity contribution in [1.29, 1.82) is 0 Å².